The first-order valence-electron chi connectivity index (χ1n) is 5.72. The van der Waals surface area contributed by atoms with E-state index in [1.54, 1.807) is 4.90 Å². The standard InChI is InChI=1S/C12H13N5O2/c1-2-16(9-6-4-3-5-7-9)12-10(17(18)19)11(13)14-8-15-12/h3-8H,2H2,1H3,(H2,13,14,15). The quantitative estimate of drug-likeness (QED) is 0.667. The van der Waals surface area contributed by atoms with Crippen LogP contribution in [-0.2, 0) is 0 Å². The van der Waals surface area contributed by atoms with E-state index in [4.69, 9.17) is 5.73 Å². The molecular weight excluding hydrogens is 246 g/mol. The molecule has 0 saturated heterocycles. The predicted molar refractivity (Wildman–Crippen MR) is 72.2 cm³/mol. The van der Waals surface area contributed by atoms with Gasteiger partial charge >= 0.3 is 5.69 Å². The Morgan fingerprint density at radius 2 is 2.00 bits per heavy atom. The largest absolute Gasteiger partial charge is 0.378 e. The molecule has 1 aromatic heterocycles. The molecule has 2 rings (SSSR count). The van der Waals surface area contributed by atoms with E-state index >= 15 is 0 Å². The summed E-state index contributed by atoms with van der Waals surface area (Å²) >= 11 is 0. The molecule has 0 amide bonds. The van der Waals surface area contributed by atoms with Crippen LogP contribution < -0.4 is 10.6 Å². The van der Waals surface area contributed by atoms with Crippen LogP contribution in [0.4, 0.5) is 23.0 Å². The van der Waals surface area contributed by atoms with Crippen molar-refractivity contribution in [2.45, 2.75) is 6.92 Å². The van der Waals surface area contributed by atoms with Crippen LogP contribution in [0.15, 0.2) is 36.7 Å². The number of hydrogen-bond donors (Lipinski definition) is 1. The second kappa shape index (κ2) is 5.30. The van der Waals surface area contributed by atoms with Crippen molar-refractivity contribution in [1.29, 1.82) is 0 Å². The third-order valence-electron chi connectivity index (χ3n) is 2.65. The summed E-state index contributed by atoms with van der Waals surface area (Å²) in [5, 5.41) is 11.1. The molecule has 0 fully saturated rings. The maximum atomic E-state index is 11.1. The lowest BCUT2D eigenvalue weighted by atomic mass is 10.2. The zero-order valence-corrected chi connectivity index (χ0v) is 10.4. The zero-order valence-electron chi connectivity index (χ0n) is 10.4. The van der Waals surface area contributed by atoms with Gasteiger partial charge in [-0.05, 0) is 19.1 Å². The summed E-state index contributed by atoms with van der Waals surface area (Å²) in [4.78, 5) is 19.9. The molecule has 2 aromatic rings. The van der Waals surface area contributed by atoms with Gasteiger partial charge in [0.15, 0.2) is 0 Å². The molecule has 1 heterocycles. The first-order chi connectivity index (χ1) is 9.15. The summed E-state index contributed by atoms with van der Waals surface area (Å²) in [6, 6.07) is 9.29. The molecule has 19 heavy (non-hydrogen) atoms. The van der Waals surface area contributed by atoms with E-state index in [1.807, 2.05) is 37.3 Å². The SMILES string of the molecule is CCN(c1ccccc1)c1ncnc(N)c1[N+](=O)[O-]. The Bertz CT molecular complexity index is 588. The van der Waals surface area contributed by atoms with Crippen molar-refractivity contribution in [3.8, 4) is 0 Å². The molecule has 1 aromatic carbocycles. The number of benzene rings is 1. The van der Waals surface area contributed by atoms with Crippen LogP contribution in [0.5, 0.6) is 0 Å². The van der Waals surface area contributed by atoms with E-state index in [0.29, 0.717) is 6.54 Å². The van der Waals surface area contributed by atoms with Gasteiger partial charge < -0.3 is 10.6 Å². The molecule has 7 heteroatoms. The predicted octanol–water partition coefficient (Wildman–Crippen LogP) is 2.12. The van der Waals surface area contributed by atoms with Gasteiger partial charge in [0, 0.05) is 12.2 Å². The fourth-order valence-corrected chi connectivity index (χ4v) is 1.82. The highest BCUT2D eigenvalue weighted by molar-refractivity contribution is 5.74. The van der Waals surface area contributed by atoms with E-state index in [9.17, 15) is 10.1 Å². The number of hydrogen-bond acceptors (Lipinski definition) is 6. The maximum Gasteiger partial charge on any atom is 0.353 e. The van der Waals surface area contributed by atoms with E-state index in [-0.39, 0.29) is 17.3 Å². The van der Waals surface area contributed by atoms with Crippen LogP contribution in [0, 0.1) is 10.1 Å². The number of aromatic nitrogens is 2. The molecule has 0 atom stereocenters. The van der Waals surface area contributed by atoms with Gasteiger partial charge in [0.05, 0.1) is 4.92 Å². The monoisotopic (exact) mass is 259 g/mol. The summed E-state index contributed by atoms with van der Waals surface area (Å²) in [7, 11) is 0. The second-order valence-electron chi connectivity index (χ2n) is 3.77. The average molecular weight is 259 g/mol. The maximum absolute atomic E-state index is 11.1. The molecule has 7 nitrogen and oxygen atoms in total. The van der Waals surface area contributed by atoms with E-state index < -0.39 is 4.92 Å². The molecule has 2 N–H and O–H groups in total. The van der Waals surface area contributed by atoms with Crippen molar-refractivity contribution < 1.29 is 4.92 Å². The van der Waals surface area contributed by atoms with E-state index in [0.717, 1.165) is 5.69 Å². The van der Waals surface area contributed by atoms with Gasteiger partial charge in [-0.1, -0.05) is 18.2 Å². The van der Waals surface area contributed by atoms with Gasteiger partial charge in [-0.3, -0.25) is 10.1 Å². The average Bonchev–Trinajstić information content (AvgIpc) is 2.40. The topological polar surface area (TPSA) is 98.2 Å². The van der Waals surface area contributed by atoms with E-state index in [2.05, 4.69) is 9.97 Å². The minimum Gasteiger partial charge on any atom is -0.378 e. The molecule has 0 radical (unpaired) electrons. The Hall–Kier alpha value is -2.70. The second-order valence-corrected chi connectivity index (χ2v) is 3.77. The fourth-order valence-electron chi connectivity index (χ4n) is 1.82. The Balaban J connectivity index is 2.56. The summed E-state index contributed by atoms with van der Waals surface area (Å²) in [6.45, 7) is 2.41. The van der Waals surface area contributed by atoms with Crippen LogP contribution in [0.25, 0.3) is 0 Å². The number of rotatable bonds is 4. The summed E-state index contributed by atoms with van der Waals surface area (Å²) < 4.78 is 0. The molecular formula is C12H13N5O2. The van der Waals surface area contributed by atoms with Gasteiger partial charge in [-0.25, -0.2) is 9.97 Å². The third kappa shape index (κ3) is 2.44. The van der Waals surface area contributed by atoms with Gasteiger partial charge in [-0.15, -0.1) is 0 Å². The highest BCUT2D eigenvalue weighted by atomic mass is 16.6. The Kier molecular flexibility index (Phi) is 3.56. The number of nitrogens with zero attached hydrogens (tertiary/aromatic N) is 4. The zero-order chi connectivity index (χ0) is 13.8. The normalized spacial score (nSPS) is 10.2. The lowest BCUT2D eigenvalue weighted by molar-refractivity contribution is -0.383. The highest BCUT2D eigenvalue weighted by Gasteiger charge is 2.25. The van der Waals surface area contributed by atoms with Gasteiger partial charge in [0.1, 0.15) is 6.33 Å². The van der Waals surface area contributed by atoms with Crippen LogP contribution >= 0.6 is 0 Å². The molecule has 0 aliphatic rings. The Labute approximate surface area is 109 Å². The van der Waals surface area contributed by atoms with Crippen molar-refractivity contribution >= 4 is 23.0 Å². The van der Waals surface area contributed by atoms with Crippen LogP contribution in [-0.4, -0.2) is 21.4 Å². The van der Waals surface area contributed by atoms with Crippen molar-refractivity contribution in [1.82, 2.24) is 9.97 Å². The van der Waals surface area contributed by atoms with E-state index in [1.165, 1.54) is 6.33 Å². The van der Waals surface area contributed by atoms with Gasteiger partial charge in [0.25, 0.3) is 0 Å². The molecule has 0 aliphatic carbocycles. The summed E-state index contributed by atoms with van der Waals surface area (Å²) in [5.74, 6) is 0.0654. The summed E-state index contributed by atoms with van der Waals surface area (Å²) in [5.41, 5.74) is 6.11. The third-order valence-corrected chi connectivity index (χ3v) is 2.65. The highest BCUT2D eigenvalue weighted by Crippen LogP contribution is 2.33. The lowest BCUT2D eigenvalue weighted by Crippen LogP contribution is -2.19. The Morgan fingerprint density at radius 3 is 2.58 bits per heavy atom. The molecule has 98 valence electrons. The number of para-hydroxylation sites is 1. The van der Waals surface area contributed by atoms with Crippen LogP contribution in [0.2, 0.25) is 0 Å². The van der Waals surface area contributed by atoms with Crippen molar-refractivity contribution in [2.75, 3.05) is 17.2 Å². The smallest absolute Gasteiger partial charge is 0.353 e. The van der Waals surface area contributed by atoms with Crippen LogP contribution in [0.1, 0.15) is 6.92 Å². The van der Waals surface area contributed by atoms with Gasteiger partial charge in [-0.2, -0.15) is 0 Å². The molecule has 0 aliphatic heterocycles. The van der Waals surface area contributed by atoms with Gasteiger partial charge in [0.2, 0.25) is 11.6 Å². The molecule has 0 unspecified atom stereocenters. The minimum atomic E-state index is -0.559. The fraction of sp³-hybridized carbons (Fsp3) is 0.167. The first-order valence-corrected chi connectivity index (χ1v) is 5.72. The number of anilines is 3. The Morgan fingerprint density at radius 1 is 1.32 bits per heavy atom. The number of nitrogen functional groups attached to an aromatic ring is 1. The number of nitro groups is 1. The van der Waals surface area contributed by atoms with Crippen molar-refractivity contribution in [2.24, 2.45) is 0 Å². The summed E-state index contributed by atoms with van der Waals surface area (Å²) in [6.07, 6.45) is 1.23. The van der Waals surface area contributed by atoms with Crippen LogP contribution in [0.3, 0.4) is 0 Å². The lowest BCUT2D eigenvalue weighted by Gasteiger charge is -2.21. The van der Waals surface area contributed by atoms with Crippen molar-refractivity contribution in [3.63, 3.8) is 0 Å². The molecule has 0 spiro atoms. The first kappa shape index (κ1) is 12.7. The molecule has 0 saturated carbocycles. The van der Waals surface area contributed by atoms with Crippen molar-refractivity contribution in [3.05, 3.63) is 46.8 Å². The number of nitrogens with two attached hydrogens (primary N) is 1. The molecule has 0 bridgehead atoms. The minimum absolute atomic E-state index is 0.135.